The van der Waals surface area contributed by atoms with Gasteiger partial charge in [-0.1, -0.05) is 20.8 Å². The first kappa shape index (κ1) is 15.4. The minimum absolute atomic E-state index is 0.0696. The number of carbonyl (C=O) groups is 1. The Hall–Kier alpha value is -0.950. The van der Waals surface area contributed by atoms with Gasteiger partial charge in [0, 0.05) is 18.5 Å². The molecule has 1 aliphatic heterocycles. The van der Waals surface area contributed by atoms with E-state index in [1.165, 1.54) is 11.3 Å². The van der Waals surface area contributed by atoms with Crippen molar-refractivity contribution in [3.8, 4) is 0 Å². The molecular weight excluding hydrogens is 296 g/mol. The highest BCUT2D eigenvalue weighted by molar-refractivity contribution is 7.91. The molecule has 1 aliphatic rings. The maximum Gasteiger partial charge on any atom is 0.265 e. The number of hydrogen-bond donors (Lipinski definition) is 0. The number of thiazole rings is 1. The number of rotatable bonds is 2. The monoisotopic (exact) mass is 316 g/mol. The first-order chi connectivity index (χ1) is 9.10. The molecule has 1 saturated heterocycles. The van der Waals surface area contributed by atoms with Gasteiger partial charge in [-0.15, -0.1) is 11.3 Å². The number of carbonyl (C=O) groups excluding carboxylic acids is 1. The van der Waals surface area contributed by atoms with Gasteiger partial charge in [0.05, 0.1) is 22.7 Å². The van der Waals surface area contributed by atoms with Crippen molar-refractivity contribution >= 4 is 27.1 Å². The van der Waals surface area contributed by atoms with Crippen LogP contribution in [0.2, 0.25) is 0 Å². The zero-order valence-electron chi connectivity index (χ0n) is 12.2. The van der Waals surface area contributed by atoms with Crippen LogP contribution in [0.4, 0.5) is 0 Å². The van der Waals surface area contributed by atoms with Crippen molar-refractivity contribution in [2.75, 3.05) is 18.6 Å². The average molecular weight is 316 g/mol. The van der Waals surface area contributed by atoms with Crippen LogP contribution in [-0.4, -0.2) is 48.8 Å². The number of aromatic nitrogens is 1. The van der Waals surface area contributed by atoms with Crippen molar-refractivity contribution in [1.82, 2.24) is 9.88 Å². The summed E-state index contributed by atoms with van der Waals surface area (Å²) in [5, 5.41) is 0.910. The molecule has 1 amide bonds. The molecule has 1 aromatic rings. The predicted molar refractivity (Wildman–Crippen MR) is 80.0 cm³/mol. The van der Waals surface area contributed by atoms with Crippen LogP contribution < -0.4 is 0 Å². The van der Waals surface area contributed by atoms with Crippen molar-refractivity contribution in [3.63, 3.8) is 0 Å². The van der Waals surface area contributed by atoms with Gasteiger partial charge in [-0.05, 0) is 6.42 Å². The summed E-state index contributed by atoms with van der Waals surface area (Å²) in [5.41, 5.74) is -0.0849. The van der Waals surface area contributed by atoms with Gasteiger partial charge >= 0.3 is 0 Å². The quantitative estimate of drug-likeness (QED) is 0.833. The van der Waals surface area contributed by atoms with Crippen LogP contribution in [0.1, 0.15) is 41.9 Å². The van der Waals surface area contributed by atoms with Gasteiger partial charge in [-0.2, -0.15) is 0 Å². The topological polar surface area (TPSA) is 67.3 Å². The Morgan fingerprint density at radius 1 is 1.45 bits per heavy atom. The molecule has 1 unspecified atom stereocenters. The van der Waals surface area contributed by atoms with Crippen LogP contribution in [0.15, 0.2) is 6.20 Å². The highest BCUT2D eigenvalue weighted by Gasteiger charge is 2.33. The third-order valence-corrected chi connectivity index (χ3v) is 6.60. The maximum absolute atomic E-state index is 12.4. The van der Waals surface area contributed by atoms with Crippen LogP contribution in [0.3, 0.4) is 0 Å². The SMILES string of the molecule is CN(C(=O)c1cnc(C(C)(C)C)s1)C1CCS(=O)(=O)C1. The van der Waals surface area contributed by atoms with Gasteiger partial charge < -0.3 is 4.90 Å². The average Bonchev–Trinajstić information content (AvgIpc) is 2.92. The summed E-state index contributed by atoms with van der Waals surface area (Å²) in [7, 11) is -1.31. The summed E-state index contributed by atoms with van der Waals surface area (Å²) >= 11 is 1.38. The lowest BCUT2D eigenvalue weighted by molar-refractivity contribution is 0.0752. The van der Waals surface area contributed by atoms with E-state index in [2.05, 4.69) is 4.98 Å². The van der Waals surface area contributed by atoms with E-state index in [-0.39, 0.29) is 28.9 Å². The molecule has 0 aliphatic carbocycles. The van der Waals surface area contributed by atoms with E-state index in [4.69, 9.17) is 0 Å². The fourth-order valence-electron chi connectivity index (χ4n) is 2.14. The van der Waals surface area contributed by atoms with Crippen molar-refractivity contribution < 1.29 is 13.2 Å². The van der Waals surface area contributed by atoms with Gasteiger partial charge in [0.1, 0.15) is 4.88 Å². The Balaban J connectivity index is 2.14. The molecule has 0 aromatic carbocycles. The zero-order chi connectivity index (χ0) is 15.1. The van der Waals surface area contributed by atoms with Crippen molar-refractivity contribution in [3.05, 3.63) is 16.1 Å². The van der Waals surface area contributed by atoms with Crippen molar-refractivity contribution in [1.29, 1.82) is 0 Å². The van der Waals surface area contributed by atoms with Gasteiger partial charge in [-0.3, -0.25) is 4.79 Å². The fourth-order valence-corrected chi connectivity index (χ4v) is 4.87. The molecule has 5 nitrogen and oxygen atoms in total. The molecular formula is C13H20N2O3S2. The molecule has 0 saturated carbocycles. The summed E-state index contributed by atoms with van der Waals surface area (Å²) in [6, 6.07) is -0.215. The molecule has 2 rings (SSSR count). The Morgan fingerprint density at radius 3 is 2.55 bits per heavy atom. The van der Waals surface area contributed by atoms with Crippen molar-refractivity contribution in [2.45, 2.75) is 38.6 Å². The molecule has 1 atom stereocenters. The van der Waals surface area contributed by atoms with Gasteiger partial charge in [0.15, 0.2) is 9.84 Å². The van der Waals surface area contributed by atoms with Crippen molar-refractivity contribution in [2.24, 2.45) is 0 Å². The highest BCUT2D eigenvalue weighted by atomic mass is 32.2. The Kier molecular flexibility index (Phi) is 3.94. The van der Waals surface area contributed by atoms with Crippen LogP contribution in [-0.2, 0) is 15.3 Å². The summed E-state index contributed by atoms with van der Waals surface area (Å²) in [5.74, 6) is 0.103. The molecule has 0 radical (unpaired) electrons. The van der Waals surface area contributed by atoms with E-state index >= 15 is 0 Å². The second-order valence-corrected chi connectivity index (χ2v) is 9.51. The smallest absolute Gasteiger partial charge is 0.265 e. The highest BCUT2D eigenvalue weighted by Crippen LogP contribution is 2.28. The zero-order valence-corrected chi connectivity index (χ0v) is 13.8. The van der Waals surface area contributed by atoms with Crippen LogP contribution >= 0.6 is 11.3 Å². The molecule has 1 aromatic heterocycles. The van der Waals surface area contributed by atoms with E-state index in [9.17, 15) is 13.2 Å². The first-order valence-electron chi connectivity index (χ1n) is 6.54. The Labute approximate surface area is 123 Å². The molecule has 1 fully saturated rings. The van der Waals surface area contributed by atoms with E-state index in [0.29, 0.717) is 11.3 Å². The minimum Gasteiger partial charge on any atom is -0.337 e. The lowest BCUT2D eigenvalue weighted by atomic mass is 9.98. The molecule has 0 spiro atoms. The van der Waals surface area contributed by atoms with Gasteiger partial charge in [-0.25, -0.2) is 13.4 Å². The van der Waals surface area contributed by atoms with Gasteiger partial charge in [0.2, 0.25) is 0 Å². The largest absolute Gasteiger partial charge is 0.337 e. The standard InChI is InChI=1S/C13H20N2O3S2/c1-13(2,3)12-14-7-10(19-12)11(16)15(4)9-5-6-20(17,18)8-9/h7,9H,5-6,8H2,1-4H3. The van der Waals surface area contributed by atoms with E-state index in [1.54, 1.807) is 18.1 Å². The van der Waals surface area contributed by atoms with Crippen LogP contribution in [0.5, 0.6) is 0 Å². The lowest BCUT2D eigenvalue weighted by Crippen LogP contribution is -2.37. The second-order valence-electron chi connectivity index (χ2n) is 6.25. The fraction of sp³-hybridized carbons (Fsp3) is 0.692. The number of hydrogen-bond acceptors (Lipinski definition) is 5. The summed E-state index contributed by atoms with van der Waals surface area (Å²) in [6.45, 7) is 6.15. The van der Waals surface area contributed by atoms with E-state index < -0.39 is 9.84 Å². The molecule has 2 heterocycles. The lowest BCUT2D eigenvalue weighted by Gasteiger charge is -2.22. The Bertz CT molecular complexity index is 614. The summed E-state index contributed by atoms with van der Waals surface area (Å²) in [4.78, 5) is 18.8. The normalized spacial score (nSPS) is 21.9. The molecule has 112 valence electrons. The van der Waals surface area contributed by atoms with E-state index in [1.807, 2.05) is 20.8 Å². The number of nitrogens with zero attached hydrogens (tertiary/aromatic N) is 2. The molecule has 0 bridgehead atoms. The maximum atomic E-state index is 12.4. The molecule has 7 heteroatoms. The molecule has 0 N–H and O–H groups in total. The minimum atomic E-state index is -2.98. The molecule has 20 heavy (non-hydrogen) atoms. The first-order valence-corrected chi connectivity index (χ1v) is 9.18. The summed E-state index contributed by atoms with van der Waals surface area (Å²) in [6.07, 6.45) is 2.11. The second kappa shape index (κ2) is 5.11. The third-order valence-electron chi connectivity index (χ3n) is 3.43. The Morgan fingerprint density at radius 2 is 2.10 bits per heavy atom. The number of amides is 1. The predicted octanol–water partition coefficient (Wildman–Crippen LogP) is 1.70. The van der Waals surface area contributed by atoms with Crippen LogP contribution in [0.25, 0.3) is 0 Å². The summed E-state index contributed by atoms with van der Waals surface area (Å²) < 4.78 is 23.0. The van der Waals surface area contributed by atoms with E-state index in [0.717, 1.165) is 5.01 Å². The van der Waals surface area contributed by atoms with Gasteiger partial charge in [0.25, 0.3) is 5.91 Å². The third kappa shape index (κ3) is 3.20. The van der Waals surface area contributed by atoms with Crippen LogP contribution in [0, 0.1) is 0 Å². The number of sulfone groups is 1.